The number of nitrogens with zero attached hydrogens (tertiary/aromatic N) is 1. The predicted molar refractivity (Wildman–Crippen MR) is 54.7 cm³/mol. The minimum Gasteiger partial charge on any atom is -0.243 e. The second-order valence-electron chi connectivity index (χ2n) is 2.18. The van der Waals surface area contributed by atoms with E-state index in [0.29, 0.717) is 15.1 Å². The summed E-state index contributed by atoms with van der Waals surface area (Å²) in [6.45, 7) is 0. The molecule has 0 fully saturated rings. The van der Waals surface area contributed by atoms with E-state index in [1.54, 1.807) is 11.6 Å². The topological polar surface area (TPSA) is 12.9 Å². The van der Waals surface area contributed by atoms with Gasteiger partial charge in [0.05, 0.1) is 25.3 Å². The van der Waals surface area contributed by atoms with Crippen molar-refractivity contribution >= 4 is 56.4 Å². The number of aromatic nitrogens is 1. The number of benzene rings is 1. The van der Waals surface area contributed by atoms with Gasteiger partial charge in [0.25, 0.3) is 0 Å². The fourth-order valence-electron chi connectivity index (χ4n) is 0.923. The van der Waals surface area contributed by atoms with Gasteiger partial charge in [-0.3, -0.25) is 0 Å². The van der Waals surface area contributed by atoms with Crippen LogP contribution in [-0.4, -0.2) is 4.98 Å². The standard InChI is InChI=1S/C7H2Cl3NS/c8-3-1-4(9)6-7(5(3)10)12-2-11-6/h1-2H. The molecule has 1 heterocycles. The van der Waals surface area contributed by atoms with Gasteiger partial charge < -0.3 is 0 Å². The van der Waals surface area contributed by atoms with Crippen molar-refractivity contribution in [3.05, 3.63) is 26.6 Å². The molecule has 12 heavy (non-hydrogen) atoms. The van der Waals surface area contributed by atoms with Crippen molar-refractivity contribution in [3.8, 4) is 0 Å². The van der Waals surface area contributed by atoms with Crippen LogP contribution in [0.1, 0.15) is 0 Å². The van der Waals surface area contributed by atoms with Gasteiger partial charge in [-0.05, 0) is 6.07 Å². The SMILES string of the molecule is Clc1cc(Cl)c2ncsc2c1Cl. The molecular formula is C7H2Cl3NS. The van der Waals surface area contributed by atoms with Crippen LogP contribution in [0.25, 0.3) is 10.2 Å². The molecule has 5 heteroatoms. The maximum absolute atomic E-state index is 5.92. The van der Waals surface area contributed by atoms with Crippen LogP contribution < -0.4 is 0 Å². The van der Waals surface area contributed by atoms with Crippen molar-refractivity contribution in [2.24, 2.45) is 0 Å². The van der Waals surface area contributed by atoms with Gasteiger partial charge in [0, 0.05) is 0 Å². The third kappa shape index (κ3) is 1.19. The van der Waals surface area contributed by atoms with Gasteiger partial charge in [-0.2, -0.15) is 0 Å². The van der Waals surface area contributed by atoms with Gasteiger partial charge in [-0.1, -0.05) is 34.8 Å². The smallest absolute Gasteiger partial charge is 0.101 e. The Labute approximate surface area is 87.9 Å². The number of rotatable bonds is 0. The highest BCUT2D eigenvalue weighted by molar-refractivity contribution is 7.17. The van der Waals surface area contributed by atoms with E-state index in [0.717, 1.165) is 10.2 Å². The summed E-state index contributed by atoms with van der Waals surface area (Å²) in [6.07, 6.45) is 0. The van der Waals surface area contributed by atoms with Crippen LogP contribution in [0.5, 0.6) is 0 Å². The Balaban J connectivity index is 2.97. The zero-order valence-electron chi connectivity index (χ0n) is 5.64. The van der Waals surface area contributed by atoms with Gasteiger partial charge in [0.15, 0.2) is 0 Å². The lowest BCUT2D eigenvalue weighted by molar-refractivity contribution is 1.50. The average Bonchev–Trinajstić information content (AvgIpc) is 2.48. The van der Waals surface area contributed by atoms with Gasteiger partial charge in [0.1, 0.15) is 5.52 Å². The first kappa shape index (κ1) is 8.57. The molecule has 0 saturated carbocycles. The highest BCUT2D eigenvalue weighted by atomic mass is 35.5. The molecule has 0 aliphatic heterocycles. The molecule has 0 atom stereocenters. The second-order valence-corrected chi connectivity index (χ2v) is 4.23. The number of hydrogen-bond donors (Lipinski definition) is 0. The largest absolute Gasteiger partial charge is 0.243 e. The van der Waals surface area contributed by atoms with Crippen LogP contribution >= 0.6 is 46.1 Å². The first-order chi connectivity index (χ1) is 5.70. The molecule has 1 nitrogen and oxygen atoms in total. The van der Waals surface area contributed by atoms with Crippen LogP contribution in [0, 0.1) is 0 Å². The Morgan fingerprint density at radius 2 is 1.92 bits per heavy atom. The zero-order chi connectivity index (χ0) is 8.72. The fourth-order valence-corrected chi connectivity index (χ4v) is 2.58. The van der Waals surface area contributed by atoms with Crippen LogP contribution in [0.3, 0.4) is 0 Å². The van der Waals surface area contributed by atoms with E-state index in [1.807, 2.05) is 0 Å². The van der Waals surface area contributed by atoms with Crippen LogP contribution in [0.4, 0.5) is 0 Å². The number of halogens is 3. The Morgan fingerprint density at radius 3 is 2.67 bits per heavy atom. The summed E-state index contributed by atoms with van der Waals surface area (Å²) in [6, 6.07) is 1.60. The minimum absolute atomic E-state index is 0.471. The van der Waals surface area contributed by atoms with E-state index in [-0.39, 0.29) is 0 Å². The van der Waals surface area contributed by atoms with Crippen molar-refractivity contribution in [2.45, 2.75) is 0 Å². The molecule has 0 radical (unpaired) electrons. The van der Waals surface area contributed by atoms with Crippen LogP contribution in [0.15, 0.2) is 11.6 Å². The summed E-state index contributed by atoms with van der Waals surface area (Å²) in [7, 11) is 0. The van der Waals surface area contributed by atoms with Gasteiger partial charge >= 0.3 is 0 Å². The Morgan fingerprint density at radius 1 is 1.17 bits per heavy atom. The molecule has 0 saturated heterocycles. The van der Waals surface area contributed by atoms with Crippen molar-refractivity contribution in [2.75, 3.05) is 0 Å². The highest BCUT2D eigenvalue weighted by Crippen LogP contribution is 2.37. The molecule has 0 N–H and O–H groups in total. The molecule has 0 bridgehead atoms. The molecular weight excluding hydrogens is 237 g/mol. The third-order valence-corrected chi connectivity index (χ3v) is 3.49. The molecule has 2 rings (SSSR count). The quantitative estimate of drug-likeness (QED) is 0.625. The van der Waals surface area contributed by atoms with E-state index in [9.17, 15) is 0 Å². The molecule has 1 aromatic heterocycles. The molecule has 0 spiro atoms. The Bertz CT molecular complexity index is 437. The maximum atomic E-state index is 5.92. The summed E-state index contributed by atoms with van der Waals surface area (Å²) in [5.41, 5.74) is 2.41. The summed E-state index contributed by atoms with van der Waals surface area (Å²) in [5.74, 6) is 0. The van der Waals surface area contributed by atoms with Crippen LogP contribution in [-0.2, 0) is 0 Å². The first-order valence-electron chi connectivity index (χ1n) is 3.07. The summed E-state index contributed by atoms with van der Waals surface area (Å²) in [4.78, 5) is 4.06. The Hall–Kier alpha value is -0.0200. The van der Waals surface area contributed by atoms with Crippen LogP contribution in [0.2, 0.25) is 15.1 Å². The van der Waals surface area contributed by atoms with Crippen molar-refractivity contribution in [1.82, 2.24) is 4.98 Å². The number of thiazole rings is 1. The fraction of sp³-hybridized carbons (Fsp3) is 0. The molecule has 0 aliphatic rings. The number of hydrogen-bond acceptors (Lipinski definition) is 2. The third-order valence-electron chi connectivity index (χ3n) is 1.46. The molecule has 62 valence electrons. The molecule has 0 aliphatic carbocycles. The second kappa shape index (κ2) is 3.04. The van der Waals surface area contributed by atoms with Crippen molar-refractivity contribution in [1.29, 1.82) is 0 Å². The predicted octanol–water partition coefficient (Wildman–Crippen LogP) is 4.26. The molecule has 2 aromatic rings. The summed E-state index contributed by atoms with van der Waals surface area (Å²) in [5, 5.41) is 1.54. The normalized spacial score (nSPS) is 10.9. The lowest BCUT2D eigenvalue weighted by Crippen LogP contribution is -1.73. The van der Waals surface area contributed by atoms with Gasteiger partial charge in [-0.25, -0.2) is 4.98 Å². The lowest BCUT2D eigenvalue weighted by Gasteiger charge is -1.97. The van der Waals surface area contributed by atoms with Crippen molar-refractivity contribution in [3.63, 3.8) is 0 Å². The van der Waals surface area contributed by atoms with E-state index in [1.165, 1.54) is 11.3 Å². The van der Waals surface area contributed by atoms with E-state index in [4.69, 9.17) is 34.8 Å². The molecule has 0 amide bonds. The molecule has 0 unspecified atom stereocenters. The van der Waals surface area contributed by atoms with Gasteiger partial charge in [-0.15, -0.1) is 11.3 Å². The zero-order valence-corrected chi connectivity index (χ0v) is 8.73. The highest BCUT2D eigenvalue weighted by Gasteiger charge is 2.09. The number of fused-ring (bicyclic) bond motifs is 1. The van der Waals surface area contributed by atoms with E-state index >= 15 is 0 Å². The maximum Gasteiger partial charge on any atom is 0.101 e. The summed E-state index contributed by atoms with van der Waals surface area (Å²) < 4.78 is 0.842. The summed E-state index contributed by atoms with van der Waals surface area (Å²) >= 11 is 19.0. The first-order valence-corrected chi connectivity index (χ1v) is 5.08. The Kier molecular flexibility index (Phi) is 2.17. The van der Waals surface area contributed by atoms with E-state index < -0.39 is 0 Å². The monoisotopic (exact) mass is 237 g/mol. The van der Waals surface area contributed by atoms with E-state index in [2.05, 4.69) is 4.98 Å². The van der Waals surface area contributed by atoms with Crippen molar-refractivity contribution < 1.29 is 0 Å². The lowest BCUT2D eigenvalue weighted by atomic mass is 10.3. The minimum atomic E-state index is 0.471. The average molecular weight is 239 g/mol. The molecule has 1 aromatic carbocycles. The van der Waals surface area contributed by atoms with Gasteiger partial charge in [0.2, 0.25) is 0 Å².